The first-order chi connectivity index (χ1) is 9.99. The molecular formula is C18H24N2S. The smallest absolute Gasteiger partial charge is 0.0972 e. The predicted molar refractivity (Wildman–Crippen MR) is 90.2 cm³/mol. The number of fused-ring (bicyclic) bond motifs is 1. The average Bonchev–Trinajstić information content (AvgIpc) is 3.04. The van der Waals surface area contributed by atoms with Crippen LogP contribution in [0.4, 0.5) is 0 Å². The molecule has 0 bridgehead atoms. The van der Waals surface area contributed by atoms with Gasteiger partial charge in [0, 0.05) is 23.3 Å². The van der Waals surface area contributed by atoms with E-state index < -0.39 is 0 Å². The van der Waals surface area contributed by atoms with Crippen LogP contribution < -0.4 is 5.32 Å². The predicted octanol–water partition coefficient (Wildman–Crippen LogP) is 4.24. The average molecular weight is 300 g/mol. The lowest BCUT2D eigenvalue weighted by molar-refractivity contribution is 0.571. The second-order valence-electron chi connectivity index (χ2n) is 6.92. The summed E-state index contributed by atoms with van der Waals surface area (Å²) in [4.78, 5) is 4.84. The zero-order chi connectivity index (χ0) is 15.0. The van der Waals surface area contributed by atoms with E-state index >= 15 is 0 Å². The molecule has 0 spiro atoms. The summed E-state index contributed by atoms with van der Waals surface area (Å²) in [7, 11) is 2.06. The molecule has 2 nitrogen and oxygen atoms in total. The van der Waals surface area contributed by atoms with Gasteiger partial charge < -0.3 is 5.32 Å². The molecule has 3 rings (SSSR count). The molecule has 3 heteroatoms. The summed E-state index contributed by atoms with van der Waals surface area (Å²) in [5, 5.41) is 6.88. The Hall–Kier alpha value is -1.19. The first kappa shape index (κ1) is 14.7. The van der Waals surface area contributed by atoms with Crippen molar-refractivity contribution in [2.75, 3.05) is 7.05 Å². The highest BCUT2D eigenvalue weighted by Gasteiger charge is 2.24. The summed E-state index contributed by atoms with van der Waals surface area (Å²) in [6.45, 7) is 6.68. The summed E-state index contributed by atoms with van der Waals surface area (Å²) >= 11 is 1.80. The van der Waals surface area contributed by atoms with Crippen molar-refractivity contribution in [3.8, 4) is 0 Å². The van der Waals surface area contributed by atoms with Crippen LogP contribution in [0.1, 0.15) is 60.6 Å². The van der Waals surface area contributed by atoms with Gasteiger partial charge in [-0.1, -0.05) is 39.0 Å². The molecule has 0 radical (unpaired) electrons. The van der Waals surface area contributed by atoms with Crippen molar-refractivity contribution in [3.63, 3.8) is 0 Å². The first-order valence-electron chi connectivity index (χ1n) is 7.72. The minimum absolute atomic E-state index is 0.143. The van der Waals surface area contributed by atoms with Crippen molar-refractivity contribution >= 4 is 11.3 Å². The van der Waals surface area contributed by atoms with Gasteiger partial charge in [0.25, 0.3) is 0 Å². The minimum atomic E-state index is 0.143. The summed E-state index contributed by atoms with van der Waals surface area (Å²) in [5.74, 6) is 0. The number of nitrogens with zero attached hydrogens (tertiary/aromatic N) is 1. The first-order valence-corrected chi connectivity index (χ1v) is 8.60. The summed E-state index contributed by atoms with van der Waals surface area (Å²) in [5.41, 5.74) is 5.85. The Kier molecular flexibility index (Phi) is 3.89. The Morgan fingerprint density at radius 3 is 2.81 bits per heavy atom. The highest BCUT2D eigenvalue weighted by molar-refractivity contribution is 7.09. The lowest BCUT2D eigenvalue weighted by atomic mass is 9.93. The molecule has 0 saturated carbocycles. The van der Waals surface area contributed by atoms with Gasteiger partial charge >= 0.3 is 0 Å². The fraction of sp³-hybridized carbons (Fsp3) is 0.500. The number of thiazole rings is 1. The molecule has 1 N–H and O–H groups in total. The van der Waals surface area contributed by atoms with Crippen LogP contribution in [-0.2, 0) is 18.3 Å². The van der Waals surface area contributed by atoms with Crippen LogP contribution in [0.25, 0.3) is 0 Å². The highest BCUT2D eigenvalue weighted by atomic mass is 32.1. The monoisotopic (exact) mass is 300 g/mol. The van der Waals surface area contributed by atoms with Gasteiger partial charge in [-0.3, -0.25) is 0 Å². The van der Waals surface area contributed by atoms with Crippen molar-refractivity contribution in [1.82, 2.24) is 10.3 Å². The molecule has 1 aliphatic rings. The van der Waals surface area contributed by atoms with Crippen LogP contribution >= 0.6 is 11.3 Å². The van der Waals surface area contributed by atoms with E-state index in [1.165, 1.54) is 34.7 Å². The van der Waals surface area contributed by atoms with E-state index in [0.29, 0.717) is 6.04 Å². The second kappa shape index (κ2) is 5.54. The van der Waals surface area contributed by atoms with Gasteiger partial charge in [0.2, 0.25) is 0 Å². The molecule has 0 fully saturated rings. The van der Waals surface area contributed by atoms with Crippen LogP contribution in [0.2, 0.25) is 0 Å². The van der Waals surface area contributed by atoms with E-state index in [-0.39, 0.29) is 5.41 Å². The third-order valence-corrected chi connectivity index (χ3v) is 5.23. The number of hydrogen-bond acceptors (Lipinski definition) is 3. The maximum Gasteiger partial charge on any atom is 0.0972 e. The molecular weight excluding hydrogens is 276 g/mol. The third-order valence-electron chi connectivity index (χ3n) is 4.38. The number of hydrogen-bond donors (Lipinski definition) is 1. The highest BCUT2D eigenvalue weighted by Crippen LogP contribution is 2.34. The van der Waals surface area contributed by atoms with E-state index in [4.69, 9.17) is 4.98 Å². The SMILES string of the molecule is CNC1CCc2c(Cc3nc(C(C)(C)C)cs3)cccc21. The van der Waals surface area contributed by atoms with Crippen LogP contribution in [0.5, 0.6) is 0 Å². The topological polar surface area (TPSA) is 24.9 Å². The zero-order valence-electron chi connectivity index (χ0n) is 13.4. The van der Waals surface area contributed by atoms with Crippen molar-refractivity contribution in [2.45, 2.75) is 51.5 Å². The largest absolute Gasteiger partial charge is 0.313 e. The summed E-state index contributed by atoms with van der Waals surface area (Å²) < 4.78 is 0. The molecule has 1 heterocycles. The van der Waals surface area contributed by atoms with Crippen LogP contribution in [0.3, 0.4) is 0 Å². The molecule has 1 aliphatic carbocycles. The molecule has 1 aromatic carbocycles. The van der Waals surface area contributed by atoms with E-state index in [0.717, 1.165) is 6.42 Å². The molecule has 2 aromatic rings. The Morgan fingerprint density at radius 1 is 1.33 bits per heavy atom. The van der Waals surface area contributed by atoms with E-state index in [2.05, 4.69) is 56.7 Å². The normalized spacial score (nSPS) is 18.0. The number of nitrogens with one attached hydrogen (secondary N) is 1. The van der Waals surface area contributed by atoms with Crippen molar-refractivity contribution in [2.24, 2.45) is 0 Å². The van der Waals surface area contributed by atoms with Gasteiger partial charge in [-0.15, -0.1) is 11.3 Å². The molecule has 1 aromatic heterocycles. The number of aromatic nitrogens is 1. The molecule has 21 heavy (non-hydrogen) atoms. The molecule has 1 atom stereocenters. The van der Waals surface area contributed by atoms with Crippen molar-refractivity contribution in [1.29, 1.82) is 0 Å². The molecule has 1 unspecified atom stereocenters. The summed E-state index contributed by atoms with van der Waals surface area (Å²) in [6.07, 6.45) is 3.38. The van der Waals surface area contributed by atoms with Crippen LogP contribution in [-0.4, -0.2) is 12.0 Å². The molecule has 0 saturated heterocycles. The summed E-state index contributed by atoms with van der Waals surface area (Å²) in [6, 6.07) is 7.27. The molecule has 112 valence electrons. The maximum atomic E-state index is 4.84. The van der Waals surface area contributed by atoms with Gasteiger partial charge in [0.05, 0.1) is 10.7 Å². The van der Waals surface area contributed by atoms with Crippen molar-refractivity contribution in [3.05, 3.63) is 51.0 Å². The Morgan fingerprint density at radius 2 is 2.14 bits per heavy atom. The fourth-order valence-corrected chi connectivity index (χ4v) is 4.14. The third kappa shape index (κ3) is 2.90. The van der Waals surface area contributed by atoms with Gasteiger partial charge in [-0.25, -0.2) is 4.98 Å². The van der Waals surface area contributed by atoms with E-state index in [9.17, 15) is 0 Å². The molecule has 0 amide bonds. The van der Waals surface area contributed by atoms with Gasteiger partial charge in [-0.2, -0.15) is 0 Å². The van der Waals surface area contributed by atoms with Crippen molar-refractivity contribution < 1.29 is 0 Å². The Labute approximate surface area is 131 Å². The van der Waals surface area contributed by atoms with E-state index in [1.54, 1.807) is 16.9 Å². The number of rotatable bonds is 3. The van der Waals surface area contributed by atoms with Gasteiger partial charge in [-0.05, 0) is 36.6 Å². The zero-order valence-corrected chi connectivity index (χ0v) is 14.2. The Bertz CT molecular complexity index is 637. The lowest BCUT2D eigenvalue weighted by Gasteiger charge is -2.14. The second-order valence-corrected chi connectivity index (χ2v) is 7.86. The number of benzene rings is 1. The van der Waals surface area contributed by atoms with E-state index in [1.807, 2.05) is 0 Å². The maximum absolute atomic E-state index is 4.84. The molecule has 0 aliphatic heterocycles. The lowest BCUT2D eigenvalue weighted by Crippen LogP contribution is -2.12. The standard InChI is InChI=1S/C18H24N2S/c1-18(2,3)16-11-21-17(20-16)10-12-6-5-7-14-13(12)8-9-15(14)19-4/h5-7,11,15,19H,8-10H2,1-4H3. The minimum Gasteiger partial charge on any atom is -0.313 e. The van der Waals surface area contributed by atoms with Gasteiger partial charge in [0.1, 0.15) is 0 Å². The van der Waals surface area contributed by atoms with Crippen LogP contribution in [0, 0.1) is 0 Å². The van der Waals surface area contributed by atoms with Crippen LogP contribution in [0.15, 0.2) is 23.6 Å². The van der Waals surface area contributed by atoms with Gasteiger partial charge in [0.15, 0.2) is 0 Å². The quantitative estimate of drug-likeness (QED) is 0.917. The fourth-order valence-electron chi connectivity index (χ4n) is 3.09. The Balaban J connectivity index is 1.86.